The molecule has 0 bridgehead atoms. The normalized spacial score (nSPS) is 21.5. The van der Waals surface area contributed by atoms with Crippen molar-refractivity contribution >= 4 is 23.2 Å². The van der Waals surface area contributed by atoms with Crippen LogP contribution in [0.2, 0.25) is 5.02 Å². The van der Waals surface area contributed by atoms with E-state index in [1.807, 2.05) is 12.1 Å². The molecule has 0 atom stereocenters. The van der Waals surface area contributed by atoms with Gasteiger partial charge in [-0.15, -0.1) is 5.10 Å². The van der Waals surface area contributed by atoms with Crippen LogP contribution in [0.15, 0.2) is 24.5 Å². The van der Waals surface area contributed by atoms with Crippen molar-refractivity contribution in [3.8, 4) is 17.2 Å². The summed E-state index contributed by atoms with van der Waals surface area (Å²) in [6, 6.07) is 7.23. The van der Waals surface area contributed by atoms with Crippen LogP contribution in [0, 0.1) is 16.7 Å². The Balaban J connectivity index is 1.37. The Kier molecular flexibility index (Phi) is 7.40. The highest BCUT2D eigenvalue weighted by Gasteiger charge is 2.42. The fourth-order valence-electron chi connectivity index (χ4n) is 4.09. The van der Waals surface area contributed by atoms with E-state index in [0.717, 1.165) is 68.6 Å². The van der Waals surface area contributed by atoms with Crippen LogP contribution in [0.4, 0.5) is 11.6 Å². The van der Waals surface area contributed by atoms with Gasteiger partial charge in [-0.1, -0.05) is 11.6 Å². The molecule has 2 aliphatic carbocycles. The van der Waals surface area contributed by atoms with Crippen molar-refractivity contribution in [3.63, 3.8) is 0 Å². The second-order valence-corrected chi connectivity index (χ2v) is 9.17. The van der Waals surface area contributed by atoms with Crippen molar-refractivity contribution in [1.29, 1.82) is 5.26 Å². The van der Waals surface area contributed by atoms with Crippen LogP contribution in [-0.2, 0) is 4.74 Å². The largest absolute Gasteiger partial charge is 0.383 e. The molecule has 170 valence electrons. The van der Waals surface area contributed by atoms with Gasteiger partial charge in [0.05, 0.1) is 29.3 Å². The molecule has 0 amide bonds. The van der Waals surface area contributed by atoms with Gasteiger partial charge in [0.15, 0.2) is 0 Å². The Morgan fingerprint density at radius 1 is 1.16 bits per heavy atom. The molecule has 2 heterocycles. The third-order valence-corrected chi connectivity index (χ3v) is 6.64. The van der Waals surface area contributed by atoms with Crippen LogP contribution in [0.3, 0.4) is 0 Å². The topological polar surface area (TPSA) is 108 Å². The molecule has 0 spiro atoms. The smallest absolute Gasteiger partial charge is 0.149 e. The summed E-state index contributed by atoms with van der Waals surface area (Å²) in [6.07, 6.45) is 9.69. The van der Waals surface area contributed by atoms with Crippen LogP contribution >= 0.6 is 11.6 Å². The second-order valence-electron chi connectivity index (χ2n) is 8.76. The summed E-state index contributed by atoms with van der Waals surface area (Å²) in [5.74, 6) is 1.46. The molecule has 2 saturated carbocycles. The zero-order chi connectivity index (χ0) is 22.4. The molecule has 0 saturated heterocycles. The summed E-state index contributed by atoms with van der Waals surface area (Å²) in [7, 11) is 1.73. The third kappa shape index (κ3) is 5.85. The van der Waals surface area contributed by atoms with Gasteiger partial charge in [-0.2, -0.15) is 10.4 Å². The first-order chi connectivity index (χ1) is 15.6. The molecule has 2 fully saturated rings. The number of methoxy groups -OCH3 is 1. The van der Waals surface area contributed by atoms with E-state index in [9.17, 15) is 5.26 Å². The van der Waals surface area contributed by atoms with Crippen LogP contribution in [0.5, 0.6) is 0 Å². The minimum absolute atomic E-state index is 0.249. The third-order valence-electron chi connectivity index (χ3n) is 6.34. The van der Waals surface area contributed by atoms with Crippen LogP contribution in [-0.4, -0.2) is 54.1 Å². The van der Waals surface area contributed by atoms with Crippen molar-refractivity contribution in [3.05, 3.63) is 29.5 Å². The highest BCUT2D eigenvalue weighted by atomic mass is 35.5. The van der Waals surface area contributed by atoms with E-state index in [0.29, 0.717) is 29.5 Å². The highest BCUT2D eigenvalue weighted by Crippen LogP contribution is 2.44. The molecule has 0 radical (unpaired) electrons. The lowest BCUT2D eigenvalue weighted by Crippen LogP contribution is -2.38. The second kappa shape index (κ2) is 10.4. The van der Waals surface area contributed by atoms with Crippen molar-refractivity contribution in [2.45, 2.75) is 50.6 Å². The van der Waals surface area contributed by atoms with E-state index >= 15 is 0 Å². The minimum atomic E-state index is -0.249. The molecule has 2 aromatic rings. The molecule has 0 aliphatic heterocycles. The number of ether oxygens (including phenoxy) is 1. The van der Waals surface area contributed by atoms with E-state index in [-0.39, 0.29) is 5.41 Å². The van der Waals surface area contributed by atoms with Gasteiger partial charge in [0.1, 0.15) is 11.6 Å². The van der Waals surface area contributed by atoms with Gasteiger partial charge in [-0.25, -0.2) is 4.98 Å². The van der Waals surface area contributed by atoms with Gasteiger partial charge in [-0.3, -0.25) is 0 Å². The van der Waals surface area contributed by atoms with Crippen LogP contribution in [0.25, 0.3) is 11.1 Å². The lowest BCUT2D eigenvalue weighted by atomic mass is 9.91. The maximum absolute atomic E-state index is 9.27. The molecular weight excluding hydrogens is 426 g/mol. The van der Waals surface area contributed by atoms with Gasteiger partial charge in [0, 0.05) is 49.6 Å². The van der Waals surface area contributed by atoms with Gasteiger partial charge >= 0.3 is 0 Å². The quantitative estimate of drug-likeness (QED) is 0.463. The maximum Gasteiger partial charge on any atom is 0.149 e. The van der Waals surface area contributed by atoms with Crippen LogP contribution < -0.4 is 16.0 Å². The first-order valence-electron chi connectivity index (χ1n) is 11.2. The number of nitrogens with one attached hydrogen (secondary N) is 3. The average molecular weight is 456 g/mol. The lowest BCUT2D eigenvalue weighted by Gasteiger charge is -2.30. The number of hydrogen-bond acceptors (Lipinski definition) is 8. The SMILES string of the molecule is COCCNC1CCC(Nc2cc(-c3cnnc(NCC4(C#N)CC4)c3)c(Cl)cn2)CC1. The molecular formula is C23H30ClN7O. The van der Waals surface area contributed by atoms with E-state index in [2.05, 4.69) is 37.2 Å². The molecule has 4 rings (SSSR count). The Bertz CT molecular complexity index is 952. The predicted molar refractivity (Wildman–Crippen MR) is 126 cm³/mol. The van der Waals surface area contributed by atoms with E-state index in [1.54, 1.807) is 19.5 Å². The van der Waals surface area contributed by atoms with Gasteiger partial charge < -0.3 is 20.7 Å². The molecule has 8 nitrogen and oxygen atoms in total. The Morgan fingerprint density at radius 2 is 1.94 bits per heavy atom. The number of hydrogen-bond donors (Lipinski definition) is 3. The van der Waals surface area contributed by atoms with Crippen molar-refractivity contribution in [2.24, 2.45) is 5.41 Å². The summed E-state index contributed by atoms with van der Waals surface area (Å²) in [5, 5.41) is 28.5. The first-order valence-corrected chi connectivity index (χ1v) is 11.6. The average Bonchev–Trinajstić information content (AvgIpc) is 3.61. The monoisotopic (exact) mass is 455 g/mol. The van der Waals surface area contributed by atoms with Crippen molar-refractivity contribution in [1.82, 2.24) is 20.5 Å². The number of pyridine rings is 1. The lowest BCUT2D eigenvalue weighted by molar-refractivity contribution is 0.191. The Hall–Kier alpha value is -2.47. The number of anilines is 2. The summed E-state index contributed by atoms with van der Waals surface area (Å²) >= 11 is 6.47. The molecule has 9 heteroatoms. The zero-order valence-electron chi connectivity index (χ0n) is 18.4. The number of halogens is 1. The summed E-state index contributed by atoms with van der Waals surface area (Å²) in [4.78, 5) is 4.49. The summed E-state index contributed by atoms with van der Waals surface area (Å²) in [5.41, 5.74) is 1.48. The molecule has 32 heavy (non-hydrogen) atoms. The van der Waals surface area contributed by atoms with Gasteiger partial charge in [-0.05, 0) is 50.7 Å². The van der Waals surface area contributed by atoms with Crippen molar-refractivity contribution in [2.75, 3.05) is 37.4 Å². The van der Waals surface area contributed by atoms with Gasteiger partial charge in [0.2, 0.25) is 0 Å². The number of nitriles is 1. The Labute approximate surface area is 194 Å². The van der Waals surface area contributed by atoms with E-state index in [1.165, 1.54) is 0 Å². The Morgan fingerprint density at radius 3 is 2.66 bits per heavy atom. The maximum atomic E-state index is 9.27. The van der Waals surface area contributed by atoms with Crippen molar-refractivity contribution < 1.29 is 4.74 Å². The molecule has 0 unspecified atom stereocenters. The highest BCUT2D eigenvalue weighted by molar-refractivity contribution is 6.33. The molecule has 2 aliphatic rings. The standard InChI is InChI=1S/C23H30ClN7O/c1-32-9-8-26-17-2-4-18(5-3-17)30-21-11-19(20(24)13-27-21)16-10-22(31-29-12-16)28-15-23(14-25)6-7-23/h10-13,17-18,26H,2-9,15H2,1H3,(H,27,30)(H,28,31). The molecule has 0 aromatic carbocycles. The minimum Gasteiger partial charge on any atom is -0.383 e. The fraction of sp³-hybridized carbons (Fsp3) is 0.565. The number of aromatic nitrogens is 3. The zero-order valence-corrected chi connectivity index (χ0v) is 19.2. The van der Waals surface area contributed by atoms with Crippen LogP contribution in [0.1, 0.15) is 38.5 Å². The first kappa shape index (κ1) is 22.7. The van der Waals surface area contributed by atoms with E-state index < -0.39 is 0 Å². The summed E-state index contributed by atoms with van der Waals surface area (Å²) < 4.78 is 5.11. The van der Waals surface area contributed by atoms with E-state index in [4.69, 9.17) is 16.3 Å². The molecule has 3 N–H and O–H groups in total. The number of rotatable bonds is 10. The van der Waals surface area contributed by atoms with Gasteiger partial charge in [0.25, 0.3) is 0 Å². The summed E-state index contributed by atoms with van der Waals surface area (Å²) in [6.45, 7) is 2.23. The number of nitrogens with zero attached hydrogens (tertiary/aromatic N) is 4. The fourth-order valence-corrected chi connectivity index (χ4v) is 4.31. The predicted octanol–water partition coefficient (Wildman–Crippen LogP) is 3.87. The molecule has 2 aromatic heterocycles.